The zero-order chi connectivity index (χ0) is 13.3. The minimum absolute atomic E-state index is 0.0431. The summed E-state index contributed by atoms with van der Waals surface area (Å²) in [6, 6.07) is -0.0431. The topological polar surface area (TPSA) is 38.2 Å². The molecule has 102 valence electrons. The van der Waals surface area contributed by atoms with E-state index in [0.717, 1.165) is 0 Å². The summed E-state index contributed by atoms with van der Waals surface area (Å²) >= 11 is 6.24. The summed E-state index contributed by atoms with van der Waals surface area (Å²) in [5.74, 6) is 0.300. The molecule has 18 heavy (non-hydrogen) atoms. The van der Waals surface area contributed by atoms with Gasteiger partial charge in [0.2, 0.25) is 10.1 Å². The third kappa shape index (κ3) is 2.86. The van der Waals surface area contributed by atoms with Crippen LogP contribution in [0.15, 0.2) is 0 Å². The van der Waals surface area contributed by atoms with Crippen molar-refractivity contribution in [2.75, 3.05) is 23.9 Å². The van der Waals surface area contributed by atoms with E-state index in [1.54, 1.807) is 4.90 Å². The lowest BCUT2D eigenvalue weighted by molar-refractivity contribution is -0.138. The highest BCUT2D eigenvalue weighted by atomic mass is 35.5. The molecule has 2 unspecified atom stereocenters. The molecule has 1 saturated heterocycles. The second kappa shape index (κ2) is 5.18. The van der Waals surface area contributed by atoms with Crippen molar-refractivity contribution in [3.05, 3.63) is 5.01 Å². The molecule has 0 N–H and O–H groups in total. The van der Waals surface area contributed by atoms with Crippen LogP contribution < -0.4 is 4.90 Å². The van der Waals surface area contributed by atoms with Crippen molar-refractivity contribution in [2.45, 2.75) is 25.2 Å². The van der Waals surface area contributed by atoms with E-state index in [0.29, 0.717) is 30.4 Å². The van der Waals surface area contributed by atoms with E-state index >= 15 is 0 Å². The summed E-state index contributed by atoms with van der Waals surface area (Å²) in [6.45, 7) is 2.70. The maximum absolute atomic E-state index is 12.5. The van der Waals surface area contributed by atoms with Crippen LogP contribution >= 0.6 is 22.9 Å². The van der Waals surface area contributed by atoms with Crippen molar-refractivity contribution in [1.29, 1.82) is 0 Å². The van der Waals surface area contributed by atoms with Gasteiger partial charge in [-0.2, -0.15) is 13.2 Å². The van der Waals surface area contributed by atoms with Crippen LogP contribution in [0.2, 0.25) is 0 Å². The van der Waals surface area contributed by atoms with Gasteiger partial charge in [-0.1, -0.05) is 11.3 Å². The highest BCUT2D eigenvalue weighted by Crippen LogP contribution is 2.35. The number of rotatable bonds is 2. The van der Waals surface area contributed by atoms with Gasteiger partial charge in [0.1, 0.15) is 0 Å². The number of alkyl halides is 4. The SMILES string of the molecule is CC1COC(CCl)CN1c1nnc(C(F)(F)F)s1. The average molecular weight is 302 g/mol. The second-order valence-electron chi connectivity index (χ2n) is 4.00. The maximum Gasteiger partial charge on any atom is 0.445 e. The smallest absolute Gasteiger partial charge is 0.373 e. The molecule has 1 aromatic heterocycles. The van der Waals surface area contributed by atoms with Crippen LogP contribution in [0, 0.1) is 0 Å². The van der Waals surface area contributed by atoms with Gasteiger partial charge in [-0.05, 0) is 6.92 Å². The summed E-state index contributed by atoms with van der Waals surface area (Å²) in [5, 5.41) is 6.10. The fourth-order valence-corrected chi connectivity index (χ4v) is 2.63. The zero-order valence-electron chi connectivity index (χ0n) is 9.45. The first kappa shape index (κ1) is 13.8. The number of morpholine rings is 1. The molecular weight excluding hydrogens is 291 g/mol. The first-order valence-corrected chi connectivity index (χ1v) is 6.62. The Kier molecular flexibility index (Phi) is 3.98. The molecule has 1 aliphatic heterocycles. The fraction of sp³-hybridized carbons (Fsp3) is 0.778. The third-order valence-corrected chi connectivity index (χ3v) is 3.93. The van der Waals surface area contributed by atoms with Gasteiger partial charge < -0.3 is 9.64 Å². The van der Waals surface area contributed by atoms with Gasteiger partial charge in [0.15, 0.2) is 0 Å². The van der Waals surface area contributed by atoms with Crippen molar-refractivity contribution in [3.63, 3.8) is 0 Å². The molecule has 1 aliphatic rings. The van der Waals surface area contributed by atoms with Gasteiger partial charge in [0.05, 0.1) is 24.6 Å². The number of hydrogen-bond donors (Lipinski definition) is 0. The number of halogens is 4. The van der Waals surface area contributed by atoms with E-state index in [4.69, 9.17) is 16.3 Å². The number of nitrogens with zero attached hydrogens (tertiary/aromatic N) is 3. The molecule has 4 nitrogen and oxygen atoms in total. The molecule has 2 heterocycles. The van der Waals surface area contributed by atoms with Crippen molar-refractivity contribution in [2.24, 2.45) is 0 Å². The molecule has 1 aromatic rings. The summed E-state index contributed by atoms with van der Waals surface area (Å²) in [4.78, 5) is 1.75. The Morgan fingerprint density at radius 1 is 1.50 bits per heavy atom. The Morgan fingerprint density at radius 3 is 2.78 bits per heavy atom. The van der Waals surface area contributed by atoms with E-state index < -0.39 is 11.2 Å². The lowest BCUT2D eigenvalue weighted by Gasteiger charge is -2.36. The monoisotopic (exact) mass is 301 g/mol. The van der Waals surface area contributed by atoms with Crippen molar-refractivity contribution >= 4 is 28.1 Å². The van der Waals surface area contributed by atoms with Gasteiger partial charge in [0, 0.05) is 6.54 Å². The summed E-state index contributed by atoms with van der Waals surface area (Å²) in [7, 11) is 0. The molecule has 0 aromatic carbocycles. The van der Waals surface area contributed by atoms with Crippen LogP contribution in [-0.2, 0) is 10.9 Å². The molecule has 1 fully saturated rings. The molecule has 2 rings (SSSR count). The lowest BCUT2D eigenvalue weighted by Crippen LogP contribution is -2.49. The maximum atomic E-state index is 12.5. The molecule has 2 atom stereocenters. The largest absolute Gasteiger partial charge is 0.445 e. The Morgan fingerprint density at radius 2 is 2.22 bits per heavy atom. The van der Waals surface area contributed by atoms with Crippen molar-refractivity contribution in [1.82, 2.24) is 10.2 Å². The molecule has 0 spiro atoms. The molecule has 0 amide bonds. The standard InChI is InChI=1S/C9H11ClF3N3OS/c1-5-4-17-6(2-10)3-16(5)8-15-14-7(18-8)9(11,12)13/h5-6H,2-4H2,1H3. The van der Waals surface area contributed by atoms with Crippen LogP contribution in [0.3, 0.4) is 0 Å². The van der Waals surface area contributed by atoms with E-state index in [2.05, 4.69) is 10.2 Å². The number of ether oxygens (including phenoxy) is 1. The minimum Gasteiger partial charge on any atom is -0.373 e. The first-order valence-electron chi connectivity index (χ1n) is 5.26. The molecular formula is C9H11ClF3N3OS. The minimum atomic E-state index is -4.45. The molecule has 9 heteroatoms. The van der Waals surface area contributed by atoms with Crippen LogP contribution in [0.25, 0.3) is 0 Å². The van der Waals surface area contributed by atoms with Gasteiger partial charge in [-0.25, -0.2) is 0 Å². The first-order chi connectivity index (χ1) is 8.41. The van der Waals surface area contributed by atoms with E-state index in [1.807, 2.05) is 6.92 Å². The van der Waals surface area contributed by atoms with Crippen LogP contribution in [0.4, 0.5) is 18.3 Å². The highest BCUT2D eigenvalue weighted by molar-refractivity contribution is 7.15. The Labute approximate surface area is 111 Å². The highest BCUT2D eigenvalue weighted by Gasteiger charge is 2.37. The van der Waals surface area contributed by atoms with Crippen LogP contribution in [-0.4, -0.2) is 41.4 Å². The van der Waals surface area contributed by atoms with Gasteiger partial charge in [0.25, 0.3) is 0 Å². The number of aromatic nitrogens is 2. The Hall–Kier alpha value is -0.600. The molecule has 0 bridgehead atoms. The van der Waals surface area contributed by atoms with Crippen LogP contribution in [0.1, 0.15) is 11.9 Å². The van der Waals surface area contributed by atoms with Gasteiger partial charge >= 0.3 is 6.18 Å². The quantitative estimate of drug-likeness (QED) is 0.786. The van der Waals surface area contributed by atoms with E-state index in [1.165, 1.54) is 0 Å². The Balaban J connectivity index is 2.17. The number of hydrogen-bond acceptors (Lipinski definition) is 5. The van der Waals surface area contributed by atoms with Gasteiger partial charge in [-0.3, -0.25) is 0 Å². The normalized spacial score (nSPS) is 25.5. The summed E-state index contributed by atoms with van der Waals surface area (Å²) in [6.07, 6.45) is -4.64. The Bertz CT molecular complexity index is 414. The van der Waals surface area contributed by atoms with E-state index in [-0.39, 0.29) is 17.3 Å². The van der Waals surface area contributed by atoms with Crippen molar-refractivity contribution < 1.29 is 17.9 Å². The molecule has 0 saturated carbocycles. The number of anilines is 1. The average Bonchev–Trinajstić information content (AvgIpc) is 2.78. The summed E-state index contributed by atoms with van der Waals surface area (Å²) in [5.41, 5.74) is 0. The van der Waals surface area contributed by atoms with Gasteiger partial charge in [-0.15, -0.1) is 21.8 Å². The lowest BCUT2D eigenvalue weighted by atomic mass is 10.2. The van der Waals surface area contributed by atoms with E-state index in [9.17, 15) is 13.2 Å². The van der Waals surface area contributed by atoms with Crippen LogP contribution in [0.5, 0.6) is 0 Å². The zero-order valence-corrected chi connectivity index (χ0v) is 11.0. The predicted octanol–water partition coefficient (Wildman–Crippen LogP) is 2.39. The predicted molar refractivity (Wildman–Crippen MR) is 62.2 cm³/mol. The molecule has 0 radical (unpaired) electrons. The molecule has 0 aliphatic carbocycles. The van der Waals surface area contributed by atoms with Crippen molar-refractivity contribution in [3.8, 4) is 0 Å². The third-order valence-electron chi connectivity index (χ3n) is 2.58. The summed E-state index contributed by atoms with van der Waals surface area (Å²) < 4.78 is 42.8. The fourth-order valence-electron chi connectivity index (χ4n) is 1.62. The second-order valence-corrected chi connectivity index (χ2v) is 5.26.